The van der Waals surface area contributed by atoms with Crippen LogP contribution in [0.5, 0.6) is 11.5 Å². The number of hydrogen-bond donors (Lipinski definition) is 2. The molecule has 0 saturated heterocycles. The Morgan fingerprint density at radius 1 is 1.19 bits per heavy atom. The van der Waals surface area contributed by atoms with Gasteiger partial charge in [0, 0.05) is 12.4 Å². The standard InChI is InChI=1S/C17H21N3O6/c1-9(16(23)18-8-14(21)22)19-17(24)11-7-10-12(25-3)5-6-13(26-4)15(10)20(11)2/h5-7,9H,8H2,1-4H3,(H,18,23)(H,19,24)(H,21,22)/p-1/t9-/m0/s1. The smallest absolute Gasteiger partial charge is 0.268 e. The van der Waals surface area contributed by atoms with Gasteiger partial charge in [0.25, 0.3) is 5.91 Å². The molecule has 2 amide bonds. The van der Waals surface area contributed by atoms with Gasteiger partial charge < -0.3 is 34.6 Å². The first-order valence-electron chi connectivity index (χ1n) is 7.79. The minimum Gasteiger partial charge on any atom is -0.548 e. The van der Waals surface area contributed by atoms with E-state index < -0.39 is 30.4 Å². The van der Waals surface area contributed by atoms with Crippen molar-refractivity contribution in [2.45, 2.75) is 13.0 Å². The molecular weight excluding hydrogens is 342 g/mol. The molecule has 2 rings (SSSR count). The monoisotopic (exact) mass is 362 g/mol. The number of carboxylic acid groups (broad SMARTS) is 1. The number of carboxylic acids is 1. The Hall–Kier alpha value is -3.23. The first-order chi connectivity index (χ1) is 12.3. The first-order valence-corrected chi connectivity index (χ1v) is 7.79. The van der Waals surface area contributed by atoms with Gasteiger partial charge in [-0.2, -0.15) is 0 Å². The average molecular weight is 362 g/mol. The van der Waals surface area contributed by atoms with Crippen LogP contribution in [-0.2, 0) is 16.6 Å². The van der Waals surface area contributed by atoms with E-state index in [0.29, 0.717) is 28.1 Å². The van der Waals surface area contributed by atoms with E-state index >= 15 is 0 Å². The fourth-order valence-corrected chi connectivity index (χ4v) is 2.62. The number of ether oxygens (including phenoxy) is 2. The lowest BCUT2D eigenvalue weighted by Gasteiger charge is -2.15. The number of carbonyl (C=O) groups excluding carboxylic acids is 3. The maximum atomic E-state index is 12.6. The molecule has 1 aromatic carbocycles. The lowest BCUT2D eigenvalue weighted by atomic mass is 10.2. The second-order valence-electron chi connectivity index (χ2n) is 5.61. The molecule has 0 aliphatic rings. The highest BCUT2D eigenvalue weighted by molar-refractivity contribution is 6.03. The number of aliphatic carboxylic acids is 1. The number of benzene rings is 1. The predicted octanol–water partition coefficient (Wildman–Crippen LogP) is -0.820. The Kier molecular flexibility index (Phi) is 5.71. The molecule has 9 heteroatoms. The summed E-state index contributed by atoms with van der Waals surface area (Å²) in [6.07, 6.45) is 0. The van der Waals surface area contributed by atoms with Crippen LogP contribution in [-0.4, -0.2) is 49.2 Å². The van der Waals surface area contributed by atoms with Gasteiger partial charge in [-0.1, -0.05) is 0 Å². The maximum Gasteiger partial charge on any atom is 0.268 e. The lowest BCUT2D eigenvalue weighted by molar-refractivity contribution is -0.304. The molecule has 1 atom stereocenters. The quantitative estimate of drug-likeness (QED) is 0.664. The molecule has 0 saturated carbocycles. The maximum absolute atomic E-state index is 12.6. The molecule has 9 nitrogen and oxygen atoms in total. The van der Waals surface area contributed by atoms with Gasteiger partial charge in [-0.05, 0) is 25.1 Å². The fraction of sp³-hybridized carbons (Fsp3) is 0.353. The van der Waals surface area contributed by atoms with Crippen LogP contribution in [0.25, 0.3) is 10.9 Å². The summed E-state index contributed by atoms with van der Waals surface area (Å²) >= 11 is 0. The van der Waals surface area contributed by atoms with Gasteiger partial charge in [0.2, 0.25) is 5.91 Å². The number of aryl methyl sites for hydroxylation is 1. The van der Waals surface area contributed by atoms with Crippen LogP contribution in [0.15, 0.2) is 18.2 Å². The SMILES string of the molecule is COc1ccc(OC)c2c1cc(C(=O)N[C@@H](C)C(=O)NCC(=O)[O-])n2C. The fourth-order valence-electron chi connectivity index (χ4n) is 2.62. The van der Waals surface area contributed by atoms with E-state index in [1.54, 1.807) is 29.8 Å². The Balaban J connectivity index is 2.29. The van der Waals surface area contributed by atoms with Crippen molar-refractivity contribution in [2.75, 3.05) is 20.8 Å². The van der Waals surface area contributed by atoms with Crippen LogP contribution in [0, 0.1) is 0 Å². The van der Waals surface area contributed by atoms with Crippen LogP contribution < -0.4 is 25.2 Å². The summed E-state index contributed by atoms with van der Waals surface area (Å²) in [7, 11) is 4.75. The first kappa shape index (κ1) is 19.1. The Morgan fingerprint density at radius 3 is 2.38 bits per heavy atom. The van der Waals surface area contributed by atoms with Gasteiger partial charge in [0.1, 0.15) is 23.2 Å². The van der Waals surface area contributed by atoms with Gasteiger partial charge in [0.15, 0.2) is 0 Å². The number of nitrogens with zero attached hydrogens (tertiary/aromatic N) is 1. The zero-order valence-corrected chi connectivity index (χ0v) is 14.9. The molecular formula is C17H20N3O6-. The van der Waals surface area contributed by atoms with Crippen molar-refractivity contribution in [2.24, 2.45) is 7.05 Å². The summed E-state index contributed by atoms with van der Waals surface area (Å²) in [6.45, 7) is 0.827. The van der Waals surface area contributed by atoms with E-state index in [9.17, 15) is 19.5 Å². The molecule has 0 aliphatic carbocycles. The minimum absolute atomic E-state index is 0.294. The molecule has 26 heavy (non-hydrogen) atoms. The zero-order valence-electron chi connectivity index (χ0n) is 14.9. The van der Waals surface area contributed by atoms with Gasteiger partial charge in [-0.25, -0.2) is 0 Å². The summed E-state index contributed by atoms with van der Waals surface area (Å²) in [5.41, 5.74) is 0.966. The molecule has 0 unspecified atom stereocenters. The molecule has 2 aromatic rings. The highest BCUT2D eigenvalue weighted by atomic mass is 16.5. The molecule has 0 spiro atoms. The van der Waals surface area contributed by atoms with Crippen molar-refractivity contribution in [3.8, 4) is 11.5 Å². The normalized spacial score (nSPS) is 11.7. The molecule has 0 fully saturated rings. The summed E-state index contributed by atoms with van der Waals surface area (Å²) in [4.78, 5) is 34.8. The summed E-state index contributed by atoms with van der Waals surface area (Å²) < 4.78 is 12.3. The highest BCUT2D eigenvalue weighted by Crippen LogP contribution is 2.35. The van der Waals surface area contributed by atoms with Gasteiger partial charge in [-0.15, -0.1) is 0 Å². The predicted molar refractivity (Wildman–Crippen MR) is 91.0 cm³/mol. The Labute approximate surface area is 149 Å². The van der Waals surface area contributed by atoms with E-state index in [0.717, 1.165) is 0 Å². The van der Waals surface area contributed by atoms with Gasteiger partial charge >= 0.3 is 0 Å². The van der Waals surface area contributed by atoms with Crippen molar-refractivity contribution in [1.29, 1.82) is 0 Å². The Bertz CT molecular complexity index is 858. The second kappa shape index (κ2) is 7.77. The zero-order chi connectivity index (χ0) is 19.4. The number of aromatic nitrogens is 1. The number of amides is 2. The molecule has 0 aliphatic heterocycles. The molecule has 140 valence electrons. The molecule has 1 aromatic heterocycles. The van der Waals surface area contributed by atoms with Gasteiger partial charge in [-0.3, -0.25) is 9.59 Å². The third kappa shape index (κ3) is 3.71. The number of rotatable bonds is 7. The minimum atomic E-state index is -1.41. The average Bonchev–Trinajstić information content (AvgIpc) is 2.96. The Morgan fingerprint density at radius 2 is 1.81 bits per heavy atom. The van der Waals surface area contributed by atoms with Gasteiger partial charge in [0.05, 0.1) is 32.3 Å². The molecule has 2 N–H and O–H groups in total. The molecule has 0 radical (unpaired) electrons. The highest BCUT2D eigenvalue weighted by Gasteiger charge is 2.22. The van der Waals surface area contributed by atoms with Crippen molar-refractivity contribution in [3.05, 3.63) is 23.9 Å². The lowest BCUT2D eigenvalue weighted by Crippen LogP contribution is -2.48. The van der Waals surface area contributed by atoms with Crippen molar-refractivity contribution >= 4 is 28.7 Å². The topological polar surface area (TPSA) is 122 Å². The third-order valence-corrected chi connectivity index (χ3v) is 3.94. The van der Waals surface area contributed by atoms with Crippen LogP contribution in [0.3, 0.4) is 0 Å². The number of fused-ring (bicyclic) bond motifs is 1. The van der Waals surface area contributed by atoms with Crippen molar-refractivity contribution in [3.63, 3.8) is 0 Å². The number of hydrogen-bond acceptors (Lipinski definition) is 6. The molecule has 0 bridgehead atoms. The summed E-state index contributed by atoms with van der Waals surface area (Å²) in [5.74, 6) is -1.39. The van der Waals surface area contributed by atoms with Crippen LogP contribution in [0.1, 0.15) is 17.4 Å². The number of nitrogens with one attached hydrogen (secondary N) is 2. The van der Waals surface area contributed by atoms with Crippen LogP contribution >= 0.6 is 0 Å². The largest absolute Gasteiger partial charge is 0.548 e. The van der Waals surface area contributed by atoms with E-state index in [-0.39, 0.29) is 0 Å². The van der Waals surface area contributed by atoms with Crippen molar-refractivity contribution < 1.29 is 29.0 Å². The van der Waals surface area contributed by atoms with E-state index in [1.807, 2.05) is 0 Å². The van der Waals surface area contributed by atoms with E-state index in [2.05, 4.69) is 10.6 Å². The number of carbonyl (C=O) groups is 3. The van der Waals surface area contributed by atoms with Crippen LogP contribution in [0.2, 0.25) is 0 Å². The number of methoxy groups -OCH3 is 2. The van der Waals surface area contributed by atoms with Crippen molar-refractivity contribution in [1.82, 2.24) is 15.2 Å². The summed E-state index contributed by atoms with van der Waals surface area (Å²) in [5, 5.41) is 15.8. The van der Waals surface area contributed by atoms with Crippen LogP contribution in [0.4, 0.5) is 0 Å². The van der Waals surface area contributed by atoms with E-state index in [1.165, 1.54) is 21.1 Å². The second-order valence-corrected chi connectivity index (χ2v) is 5.61. The summed E-state index contributed by atoms with van der Waals surface area (Å²) in [6, 6.07) is 4.18. The molecule has 1 heterocycles. The third-order valence-electron chi connectivity index (χ3n) is 3.94. The van der Waals surface area contributed by atoms with E-state index in [4.69, 9.17) is 9.47 Å².